The Kier molecular flexibility index (Phi) is 3.56. The van der Waals surface area contributed by atoms with Gasteiger partial charge in [0.2, 0.25) is 0 Å². The van der Waals surface area contributed by atoms with E-state index >= 15 is 0 Å². The second-order valence-electron chi connectivity index (χ2n) is 4.42. The molecule has 0 amide bonds. The molecule has 0 aliphatic heterocycles. The molecule has 0 aliphatic rings. The Labute approximate surface area is 115 Å². The first-order valence-corrected chi connectivity index (χ1v) is 5.92. The van der Waals surface area contributed by atoms with Gasteiger partial charge in [0.25, 0.3) is 5.78 Å². The first-order valence-electron chi connectivity index (χ1n) is 5.92. The van der Waals surface area contributed by atoms with Gasteiger partial charge in [-0.2, -0.15) is 0 Å². The van der Waals surface area contributed by atoms with Crippen molar-refractivity contribution >= 4 is 11.8 Å². The lowest BCUT2D eigenvalue weighted by molar-refractivity contribution is -0.131. The standard InChI is InChI=1S/C14H14N2O4/c1-7-4-9(11(20-3)5-8(7)2)13-15-6-10(16-13)12(17)14(18)19/h4-6H,1-3H3,(H,15,16)(H,18,19). The number of hydrogen-bond donors (Lipinski definition) is 2. The number of Topliss-reactive ketones (excluding diaryl/α,β-unsaturated/α-hetero) is 1. The summed E-state index contributed by atoms with van der Waals surface area (Å²) in [5, 5.41) is 8.67. The molecule has 0 spiro atoms. The number of hydrogen-bond acceptors (Lipinski definition) is 4. The van der Waals surface area contributed by atoms with E-state index < -0.39 is 11.8 Å². The fraction of sp³-hybridized carbons (Fsp3) is 0.214. The number of carboxylic acids is 1. The minimum atomic E-state index is -1.52. The van der Waals surface area contributed by atoms with E-state index in [1.165, 1.54) is 6.20 Å². The van der Waals surface area contributed by atoms with Crippen LogP contribution in [0.25, 0.3) is 11.4 Å². The molecule has 0 unspecified atom stereocenters. The molecule has 0 bridgehead atoms. The van der Waals surface area contributed by atoms with Gasteiger partial charge in [-0.3, -0.25) is 4.79 Å². The molecule has 1 aromatic carbocycles. The molecule has 0 saturated heterocycles. The number of imidazole rings is 1. The van der Waals surface area contributed by atoms with Crippen LogP contribution in [-0.4, -0.2) is 33.9 Å². The molecule has 2 rings (SSSR count). The summed E-state index contributed by atoms with van der Waals surface area (Å²) in [6.45, 7) is 3.91. The maximum absolute atomic E-state index is 11.4. The van der Waals surface area contributed by atoms with Crippen molar-refractivity contribution in [2.24, 2.45) is 0 Å². The minimum absolute atomic E-state index is 0.0622. The summed E-state index contributed by atoms with van der Waals surface area (Å²) in [6, 6.07) is 3.74. The van der Waals surface area contributed by atoms with Crippen molar-refractivity contribution < 1.29 is 19.4 Å². The Bertz CT molecular complexity index is 688. The van der Waals surface area contributed by atoms with Gasteiger partial charge < -0.3 is 14.8 Å². The fourth-order valence-electron chi connectivity index (χ4n) is 1.83. The van der Waals surface area contributed by atoms with Gasteiger partial charge in [-0.05, 0) is 37.1 Å². The number of aryl methyl sites for hydroxylation is 2. The molecule has 0 radical (unpaired) electrons. The van der Waals surface area contributed by atoms with Crippen molar-refractivity contribution in [3.8, 4) is 17.1 Å². The molecule has 0 atom stereocenters. The number of carbonyl (C=O) groups is 2. The zero-order valence-corrected chi connectivity index (χ0v) is 11.4. The third-order valence-corrected chi connectivity index (χ3v) is 3.09. The van der Waals surface area contributed by atoms with Crippen LogP contribution in [0.5, 0.6) is 5.75 Å². The second-order valence-corrected chi connectivity index (χ2v) is 4.42. The highest BCUT2D eigenvalue weighted by molar-refractivity contribution is 6.39. The van der Waals surface area contributed by atoms with Gasteiger partial charge in [-0.1, -0.05) is 0 Å². The van der Waals surface area contributed by atoms with Crippen LogP contribution in [0.3, 0.4) is 0 Å². The van der Waals surface area contributed by atoms with Gasteiger partial charge in [0.05, 0.1) is 18.9 Å². The highest BCUT2D eigenvalue weighted by Gasteiger charge is 2.19. The molecule has 20 heavy (non-hydrogen) atoms. The first-order chi connectivity index (χ1) is 9.43. The molecule has 1 heterocycles. The highest BCUT2D eigenvalue weighted by atomic mass is 16.5. The number of rotatable bonds is 4. The summed E-state index contributed by atoms with van der Waals surface area (Å²) in [5.74, 6) is -1.54. The number of nitrogens with one attached hydrogen (secondary N) is 1. The quantitative estimate of drug-likeness (QED) is 0.657. The largest absolute Gasteiger partial charge is 0.496 e. The summed E-state index contributed by atoms with van der Waals surface area (Å²) in [7, 11) is 1.54. The van der Waals surface area contributed by atoms with Gasteiger partial charge in [0.1, 0.15) is 17.3 Å². The summed E-state index contributed by atoms with van der Waals surface area (Å²) in [5.41, 5.74) is 2.73. The van der Waals surface area contributed by atoms with E-state index in [1.807, 2.05) is 26.0 Å². The molecule has 1 aromatic heterocycles. The van der Waals surface area contributed by atoms with E-state index in [0.29, 0.717) is 17.1 Å². The number of carboxylic acid groups (broad SMARTS) is 1. The van der Waals surface area contributed by atoms with E-state index in [-0.39, 0.29) is 5.69 Å². The van der Waals surface area contributed by atoms with E-state index in [1.54, 1.807) is 7.11 Å². The summed E-state index contributed by atoms with van der Waals surface area (Å²) in [4.78, 5) is 28.8. The van der Waals surface area contributed by atoms with Crippen molar-refractivity contribution in [3.05, 3.63) is 35.2 Å². The topological polar surface area (TPSA) is 92.3 Å². The number of aliphatic carboxylic acids is 1. The highest BCUT2D eigenvalue weighted by Crippen LogP contribution is 2.30. The van der Waals surface area contributed by atoms with Crippen LogP contribution in [0.4, 0.5) is 0 Å². The number of ether oxygens (including phenoxy) is 1. The van der Waals surface area contributed by atoms with E-state index in [0.717, 1.165) is 11.1 Å². The molecular formula is C14H14N2O4. The molecule has 2 aromatic rings. The molecule has 0 fully saturated rings. The summed E-state index contributed by atoms with van der Waals surface area (Å²) >= 11 is 0. The zero-order valence-electron chi connectivity index (χ0n) is 11.4. The van der Waals surface area contributed by atoms with Crippen molar-refractivity contribution in [1.82, 2.24) is 9.97 Å². The average Bonchev–Trinajstić information content (AvgIpc) is 2.89. The normalized spacial score (nSPS) is 10.3. The SMILES string of the molecule is COc1cc(C)c(C)cc1-c1ncc(C(=O)C(=O)O)[nH]1. The Morgan fingerprint density at radius 2 is 1.90 bits per heavy atom. The number of H-pyrrole nitrogens is 1. The number of ketones is 1. The molecular weight excluding hydrogens is 260 g/mol. The van der Waals surface area contributed by atoms with Gasteiger partial charge in [-0.25, -0.2) is 9.78 Å². The van der Waals surface area contributed by atoms with Crippen LogP contribution >= 0.6 is 0 Å². The van der Waals surface area contributed by atoms with Gasteiger partial charge in [-0.15, -0.1) is 0 Å². The lowest BCUT2D eigenvalue weighted by Crippen LogP contribution is -2.12. The fourth-order valence-corrected chi connectivity index (χ4v) is 1.83. The summed E-state index contributed by atoms with van der Waals surface area (Å²) < 4.78 is 5.29. The number of nitrogens with zero attached hydrogens (tertiary/aromatic N) is 1. The number of aromatic amines is 1. The second kappa shape index (κ2) is 5.16. The van der Waals surface area contributed by atoms with Crippen LogP contribution in [-0.2, 0) is 4.79 Å². The molecule has 6 nitrogen and oxygen atoms in total. The van der Waals surface area contributed by atoms with Crippen LogP contribution in [0.15, 0.2) is 18.3 Å². The van der Waals surface area contributed by atoms with Crippen molar-refractivity contribution in [2.45, 2.75) is 13.8 Å². The van der Waals surface area contributed by atoms with E-state index in [4.69, 9.17) is 9.84 Å². The number of benzene rings is 1. The Hall–Kier alpha value is -2.63. The van der Waals surface area contributed by atoms with Crippen LogP contribution in [0, 0.1) is 13.8 Å². The number of aromatic nitrogens is 2. The van der Waals surface area contributed by atoms with Crippen molar-refractivity contribution in [3.63, 3.8) is 0 Å². The minimum Gasteiger partial charge on any atom is -0.496 e. The monoisotopic (exact) mass is 274 g/mol. The van der Waals surface area contributed by atoms with Gasteiger partial charge in [0, 0.05) is 0 Å². The van der Waals surface area contributed by atoms with Crippen LogP contribution in [0.1, 0.15) is 21.6 Å². The van der Waals surface area contributed by atoms with E-state index in [9.17, 15) is 9.59 Å². The Morgan fingerprint density at radius 3 is 2.50 bits per heavy atom. The molecule has 0 saturated carbocycles. The molecule has 0 aliphatic carbocycles. The Morgan fingerprint density at radius 1 is 1.25 bits per heavy atom. The van der Waals surface area contributed by atoms with E-state index in [2.05, 4.69) is 9.97 Å². The predicted octanol–water partition coefficient (Wildman–Crippen LogP) is 1.97. The molecule has 6 heteroatoms. The lowest BCUT2D eigenvalue weighted by Gasteiger charge is -2.09. The Balaban J connectivity index is 2.50. The van der Waals surface area contributed by atoms with Crippen LogP contribution < -0.4 is 4.74 Å². The third kappa shape index (κ3) is 2.40. The van der Waals surface area contributed by atoms with Crippen LogP contribution in [0.2, 0.25) is 0 Å². The first kappa shape index (κ1) is 13.8. The average molecular weight is 274 g/mol. The van der Waals surface area contributed by atoms with Gasteiger partial charge in [0.15, 0.2) is 0 Å². The lowest BCUT2D eigenvalue weighted by atomic mass is 10.0. The van der Waals surface area contributed by atoms with Crippen molar-refractivity contribution in [2.75, 3.05) is 7.11 Å². The molecule has 2 N–H and O–H groups in total. The smallest absolute Gasteiger partial charge is 0.378 e. The van der Waals surface area contributed by atoms with Gasteiger partial charge >= 0.3 is 5.97 Å². The predicted molar refractivity (Wildman–Crippen MR) is 72.0 cm³/mol. The summed E-state index contributed by atoms with van der Waals surface area (Å²) in [6.07, 6.45) is 1.21. The number of methoxy groups -OCH3 is 1. The maximum atomic E-state index is 11.4. The number of carbonyl (C=O) groups excluding carboxylic acids is 1. The molecule has 104 valence electrons. The maximum Gasteiger partial charge on any atom is 0.378 e. The third-order valence-electron chi connectivity index (χ3n) is 3.09. The zero-order chi connectivity index (χ0) is 14.9. The van der Waals surface area contributed by atoms with Crippen molar-refractivity contribution in [1.29, 1.82) is 0 Å².